The maximum Gasteiger partial charge on any atom is 0.405 e. The quantitative estimate of drug-likeness (QED) is 0.647. The van der Waals surface area contributed by atoms with Crippen molar-refractivity contribution in [1.82, 2.24) is 15.2 Å². The van der Waals surface area contributed by atoms with Crippen molar-refractivity contribution in [2.24, 2.45) is 10.5 Å². The number of hydrogen-bond acceptors (Lipinski definition) is 5. The molecule has 2 aliphatic heterocycles. The lowest BCUT2D eigenvalue weighted by molar-refractivity contribution is -0.141. The Balaban J connectivity index is 1.55. The summed E-state index contributed by atoms with van der Waals surface area (Å²) in [5, 5.41) is 17.2. The second-order valence-corrected chi connectivity index (χ2v) is 8.40. The third kappa shape index (κ3) is 4.70. The lowest BCUT2D eigenvalue weighted by atomic mass is 9.73. The number of hydrazone groups is 1. The Morgan fingerprint density at radius 3 is 2.71 bits per heavy atom. The van der Waals surface area contributed by atoms with Crippen LogP contribution < -0.4 is 10.1 Å². The van der Waals surface area contributed by atoms with Crippen LogP contribution in [0.4, 0.5) is 9.18 Å². The highest BCUT2D eigenvalue weighted by Crippen LogP contribution is 2.38. The molecule has 0 bridgehead atoms. The van der Waals surface area contributed by atoms with Gasteiger partial charge >= 0.3 is 6.09 Å². The highest BCUT2D eigenvalue weighted by molar-refractivity contribution is 6.13. The number of carbonyl (C=O) groups excluding carboxylic acids is 2. The second-order valence-electron chi connectivity index (χ2n) is 8.40. The summed E-state index contributed by atoms with van der Waals surface area (Å²) >= 11 is 0. The first-order valence-corrected chi connectivity index (χ1v) is 10.9. The van der Waals surface area contributed by atoms with Gasteiger partial charge in [0.25, 0.3) is 5.91 Å². The van der Waals surface area contributed by atoms with Gasteiger partial charge in [0.2, 0.25) is 5.91 Å². The minimum atomic E-state index is -1.39. The molecule has 2 aromatic carbocycles. The van der Waals surface area contributed by atoms with Crippen LogP contribution in [0, 0.1) is 11.2 Å². The summed E-state index contributed by atoms with van der Waals surface area (Å²) in [6, 6.07) is 13.6. The van der Waals surface area contributed by atoms with E-state index in [4.69, 9.17) is 4.74 Å². The summed E-state index contributed by atoms with van der Waals surface area (Å²) in [5.41, 5.74) is 0.635. The summed E-state index contributed by atoms with van der Waals surface area (Å²) in [4.78, 5) is 39.4. The summed E-state index contributed by atoms with van der Waals surface area (Å²) in [5.74, 6) is -1.07. The van der Waals surface area contributed by atoms with Crippen LogP contribution in [0.3, 0.4) is 0 Å². The number of ether oxygens (including phenoxy) is 1. The molecule has 34 heavy (non-hydrogen) atoms. The van der Waals surface area contributed by atoms with Gasteiger partial charge in [-0.15, -0.1) is 0 Å². The number of hydrogen-bond donors (Lipinski definition) is 2. The van der Waals surface area contributed by atoms with E-state index in [1.807, 2.05) is 30.3 Å². The zero-order valence-corrected chi connectivity index (χ0v) is 18.6. The van der Waals surface area contributed by atoms with Crippen molar-refractivity contribution in [2.75, 3.05) is 26.7 Å². The number of carboxylic acid groups (broad SMARTS) is 1. The molecule has 0 aliphatic carbocycles. The number of piperidine rings is 1. The summed E-state index contributed by atoms with van der Waals surface area (Å²) in [7, 11) is 1.59. The van der Waals surface area contributed by atoms with Crippen molar-refractivity contribution in [2.45, 2.75) is 18.9 Å². The lowest BCUT2D eigenvalue weighted by Crippen LogP contribution is -2.59. The molecule has 3 amide bonds. The number of fused-ring (bicyclic) bond motifs is 1. The zero-order chi connectivity index (χ0) is 24.3. The van der Waals surface area contributed by atoms with Crippen molar-refractivity contribution in [1.29, 1.82) is 0 Å². The molecule has 0 radical (unpaired) electrons. The van der Waals surface area contributed by atoms with Crippen LogP contribution in [-0.2, 0) is 16.0 Å². The highest BCUT2D eigenvalue weighted by Gasteiger charge is 2.53. The molecule has 10 heteroatoms. The number of benzene rings is 2. The van der Waals surface area contributed by atoms with E-state index >= 15 is 0 Å². The summed E-state index contributed by atoms with van der Waals surface area (Å²) < 4.78 is 18.9. The molecule has 2 atom stereocenters. The normalized spacial score (nSPS) is 20.4. The number of halogens is 1. The molecule has 4 rings (SSSR count). The van der Waals surface area contributed by atoms with E-state index in [2.05, 4.69) is 10.4 Å². The van der Waals surface area contributed by atoms with Gasteiger partial charge in [0, 0.05) is 32.6 Å². The first-order chi connectivity index (χ1) is 16.3. The SMILES string of the molecule is CN1N=C2CCN(C(=O)[C@@H](COc3cccc(F)c3)NC(=O)O)C[C@@]2(Cc2ccccc2)C1=O. The Morgan fingerprint density at radius 2 is 2.00 bits per heavy atom. The van der Waals surface area contributed by atoms with E-state index in [1.54, 1.807) is 7.05 Å². The van der Waals surface area contributed by atoms with Crippen molar-refractivity contribution in [3.05, 3.63) is 66.0 Å². The number of nitrogens with zero attached hydrogens (tertiary/aromatic N) is 3. The fraction of sp³-hybridized carbons (Fsp3) is 0.333. The van der Waals surface area contributed by atoms with Gasteiger partial charge in [-0.05, 0) is 24.1 Å². The third-order valence-electron chi connectivity index (χ3n) is 6.07. The molecule has 2 N–H and O–H groups in total. The Labute approximate surface area is 195 Å². The zero-order valence-electron chi connectivity index (χ0n) is 18.6. The van der Waals surface area contributed by atoms with E-state index in [1.165, 1.54) is 28.1 Å². The van der Waals surface area contributed by atoms with Gasteiger partial charge in [-0.3, -0.25) is 9.59 Å². The molecule has 0 aromatic heterocycles. The van der Waals surface area contributed by atoms with Gasteiger partial charge in [-0.25, -0.2) is 14.2 Å². The maximum absolute atomic E-state index is 13.5. The molecule has 2 aromatic rings. The van der Waals surface area contributed by atoms with Crippen LogP contribution in [0.5, 0.6) is 5.75 Å². The van der Waals surface area contributed by atoms with Crippen LogP contribution >= 0.6 is 0 Å². The van der Waals surface area contributed by atoms with E-state index < -0.39 is 29.3 Å². The van der Waals surface area contributed by atoms with Crippen LogP contribution in [0.2, 0.25) is 0 Å². The average Bonchev–Trinajstić information content (AvgIpc) is 3.06. The van der Waals surface area contributed by atoms with Crippen molar-refractivity contribution in [3.63, 3.8) is 0 Å². The van der Waals surface area contributed by atoms with E-state index in [0.29, 0.717) is 18.6 Å². The van der Waals surface area contributed by atoms with E-state index in [-0.39, 0.29) is 31.4 Å². The van der Waals surface area contributed by atoms with Crippen LogP contribution in [-0.4, -0.2) is 71.4 Å². The minimum absolute atomic E-state index is 0.0699. The largest absolute Gasteiger partial charge is 0.491 e. The fourth-order valence-corrected chi connectivity index (χ4v) is 4.50. The number of likely N-dealkylation sites (tertiary alicyclic amines) is 1. The van der Waals surface area contributed by atoms with Crippen LogP contribution in [0.15, 0.2) is 59.7 Å². The molecular weight excluding hydrogens is 443 g/mol. The first kappa shape index (κ1) is 23.2. The average molecular weight is 468 g/mol. The molecule has 1 saturated heterocycles. The number of carbonyl (C=O) groups is 3. The summed E-state index contributed by atoms with van der Waals surface area (Å²) in [6.45, 7) is 0.0269. The van der Waals surface area contributed by atoms with Gasteiger partial charge in [0.15, 0.2) is 0 Å². The van der Waals surface area contributed by atoms with E-state index in [0.717, 1.165) is 11.6 Å². The van der Waals surface area contributed by atoms with E-state index in [9.17, 15) is 23.9 Å². The molecule has 2 heterocycles. The van der Waals surface area contributed by atoms with Crippen molar-refractivity contribution < 1.29 is 28.6 Å². The Bertz CT molecular complexity index is 1130. The van der Waals surface area contributed by atoms with Gasteiger partial charge < -0.3 is 20.1 Å². The summed E-state index contributed by atoms with van der Waals surface area (Å²) in [6.07, 6.45) is -0.633. The number of rotatable bonds is 7. The minimum Gasteiger partial charge on any atom is -0.491 e. The number of nitrogens with one attached hydrogen (secondary N) is 1. The molecule has 1 fully saturated rings. The Hall–Kier alpha value is -3.95. The standard InChI is InChI=1S/C24H25FN4O5/c1-28-22(31)24(13-16-6-3-2-4-7-16)15-29(11-10-20(24)27-28)21(30)19(26-23(32)33)14-34-18-9-5-8-17(25)12-18/h2-9,12,19,26H,10-11,13-15H2,1H3,(H,32,33)/t19-,24-/m1/s1. The van der Waals surface area contributed by atoms with Gasteiger partial charge in [-0.1, -0.05) is 36.4 Å². The highest BCUT2D eigenvalue weighted by atomic mass is 19.1. The Kier molecular flexibility index (Phi) is 6.49. The van der Waals surface area contributed by atoms with Crippen LogP contribution in [0.25, 0.3) is 0 Å². The maximum atomic E-state index is 13.5. The molecular formula is C24H25FN4O5. The van der Waals surface area contributed by atoms with Crippen molar-refractivity contribution >= 4 is 23.6 Å². The smallest absolute Gasteiger partial charge is 0.405 e. The fourth-order valence-electron chi connectivity index (χ4n) is 4.50. The molecule has 2 aliphatic rings. The predicted octanol–water partition coefficient (Wildman–Crippen LogP) is 2.13. The second kappa shape index (κ2) is 9.50. The topological polar surface area (TPSA) is 112 Å². The van der Waals surface area contributed by atoms with Gasteiger partial charge in [0.1, 0.15) is 29.6 Å². The Morgan fingerprint density at radius 1 is 1.24 bits per heavy atom. The molecule has 9 nitrogen and oxygen atoms in total. The molecule has 0 unspecified atom stereocenters. The van der Waals surface area contributed by atoms with Crippen LogP contribution in [0.1, 0.15) is 12.0 Å². The lowest BCUT2D eigenvalue weighted by Gasteiger charge is -2.40. The first-order valence-electron chi connectivity index (χ1n) is 10.9. The van der Waals surface area contributed by atoms with Crippen molar-refractivity contribution in [3.8, 4) is 5.75 Å². The molecule has 0 saturated carbocycles. The van der Waals surface area contributed by atoms with Gasteiger partial charge in [0.05, 0.1) is 5.71 Å². The predicted molar refractivity (Wildman–Crippen MR) is 121 cm³/mol. The molecule has 178 valence electrons. The van der Waals surface area contributed by atoms with Gasteiger partial charge in [-0.2, -0.15) is 5.10 Å². The molecule has 0 spiro atoms. The monoisotopic (exact) mass is 468 g/mol. The third-order valence-corrected chi connectivity index (χ3v) is 6.07. The number of amides is 3.